The van der Waals surface area contributed by atoms with Crippen molar-refractivity contribution in [3.05, 3.63) is 29.3 Å². The van der Waals surface area contributed by atoms with Crippen LogP contribution in [0.15, 0.2) is 24.3 Å². The van der Waals surface area contributed by atoms with Crippen LogP contribution in [-0.4, -0.2) is 23.5 Å². The van der Waals surface area contributed by atoms with E-state index in [1.54, 1.807) is 24.3 Å². The van der Waals surface area contributed by atoms with E-state index >= 15 is 0 Å². The molecule has 4 nitrogen and oxygen atoms in total. The van der Waals surface area contributed by atoms with E-state index < -0.39 is 5.97 Å². The topological polar surface area (TPSA) is 57.6 Å². The van der Waals surface area contributed by atoms with Crippen LogP contribution in [0.3, 0.4) is 0 Å². The van der Waals surface area contributed by atoms with Gasteiger partial charge < -0.3 is 10.0 Å². The Morgan fingerprint density at radius 2 is 1.90 bits per heavy atom. The van der Waals surface area contributed by atoms with Crippen LogP contribution in [0.4, 0.5) is 5.69 Å². The number of halogens is 1. The lowest BCUT2D eigenvalue weighted by Crippen LogP contribution is -2.37. The van der Waals surface area contributed by atoms with Gasteiger partial charge in [-0.05, 0) is 42.9 Å². The molecule has 1 aromatic carbocycles. The minimum absolute atomic E-state index is 0.00540. The van der Waals surface area contributed by atoms with E-state index in [1.165, 1.54) is 17.7 Å². The summed E-state index contributed by atoms with van der Waals surface area (Å²) < 4.78 is 0. The molecule has 112 valence electrons. The SMILES string of the molecule is O=C(O)CN(C(=O)C1C2CCCCC21)c1cccc(Cl)c1. The first-order valence-electron chi connectivity index (χ1n) is 7.36. The Bertz CT molecular complexity index is 562. The highest BCUT2D eigenvalue weighted by Crippen LogP contribution is 2.56. The van der Waals surface area contributed by atoms with Crippen molar-refractivity contribution < 1.29 is 14.7 Å². The number of benzene rings is 1. The molecule has 2 fully saturated rings. The highest BCUT2D eigenvalue weighted by molar-refractivity contribution is 6.31. The molecule has 0 heterocycles. The van der Waals surface area contributed by atoms with Crippen molar-refractivity contribution in [2.24, 2.45) is 17.8 Å². The number of hydrogen-bond acceptors (Lipinski definition) is 2. The summed E-state index contributed by atoms with van der Waals surface area (Å²) in [6.07, 6.45) is 4.55. The molecule has 2 atom stereocenters. The number of carbonyl (C=O) groups excluding carboxylic acids is 1. The van der Waals surface area contributed by atoms with E-state index in [-0.39, 0.29) is 18.4 Å². The first kappa shape index (κ1) is 14.4. The van der Waals surface area contributed by atoms with Crippen molar-refractivity contribution in [1.29, 1.82) is 0 Å². The van der Waals surface area contributed by atoms with Crippen molar-refractivity contribution in [3.63, 3.8) is 0 Å². The van der Waals surface area contributed by atoms with Gasteiger partial charge in [-0.2, -0.15) is 0 Å². The third-order valence-electron chi connectivity index (χ3n) is 4.62. The molecule has 2 aliphatic rings. The highest BCUT2D eigenvalue weighted by atomic mass is 35.5. The van der Waals surface area contributed by atoms with Gasteiger partial charge in [-0.3, -0.25) is 9.59 Å². The summed E-state index contributed by atoms with van der Waals surface area (Å²) in [5.41, 5.74) is 0.568. The number of aliphatic carboxylic acids is 1. The second-order valence-corrected chi connectivity index (χ2v) is 6.37. The summed E-state index contributed by atoms with van der Waals surface area (Å²) in [5.74, 6) is -0.141. The summed E-state index contributed by atoms with van der Waals surface area (Å²) in [6, 6.07) is 6.83. The number of carboxylic acid groups (broad SMARTS) is 1. The van der Waals surface area contributed by atoms with Crippen LogP contribution in [0.2, 0.25) is 5.02 Å². The predicted molar refractivity (Wildman–Crippen MR) is 80.4 cm³/mol. The Hall–Kier alpha value is -1.55. The lowest BCUT2D eigenvalue weighted by atomic mass is 10.0. The lowest BCUT2D eigenvalue weighted by molar-refractivity contribution is -0.136. The van der Waals surface area contributed by atoms with Crippen molar-refractivity contribution in [2.45, 2.75) is 25.7 Å². The maximum Gasteiger partial charge on any atom is 0.323 e. The molecule has 0 aliphatic heterocycles. The molecular weight excluding hydrogens is 290 g/mol. The summed E-state index contributed by atoms with van der Waals surface area (Å²) >= 11 is 5.96. The normalized spacial score (nSPS) is 26.8. The zero-order valence-electron chi connectivity index (χ0n) is 11.7. The third kappa shape index (κ3) is 2.91. The molecule has 0 spiro atoms. The molecule has 1 N–H and O–H groups in total. The average molecular weight is 308 g/mol. The molecular formula is C16H18ClNO3. The Balaban J connectivity index is 1.82. The first-order valence-corrected chi connectivity index (χ1v) is 7.74. The van der Waals surface area contributed by atoms with Crippen molar-refractivity contribution in [2.75, 3.05) is 11.4 Å². The number of amides is 1. The third-order valence-corrected chi connectivity index (χ3v) is 4.86. The zero-order valence-corrected chi connectivity index (χ0v) is 12.4. The summed E-state index contributed by atoms with van der Waals surface area (Å²) in [4.78, 5) is 25.2. The Kier molecular flexibility index (Phi) is 3.89. The van der Waals surface area contributed by atoms with Gasteiger partial charge in [0, 0.05) is 16.6 Å². The molecule has 1 aromatic rings. The van der Waals surface area contributed by atoms with Crippen LogP contribution in [-0.2, 0) is 9.59 Å². The molecule has 2 saturated carbocycles. The molecule has 0 saturated heterocycles. The van der Waals surface area contributed by atoms with E-state index in [2.05, 4.69) is 0 Å². The molecule has 0 radical (unpaired) electrons. The molecule has 1 amide bonds. The summed E-state index contributed by atoms with van der Waals surface area (Å²) in [5, 5.41) is 9.60. The molecule has 3 rings (SSSR count). The second-order valence-electron chi connectivity index (χ2n) is 5.94. The molecule has 2 aliphatic carbocycles. The molecule has 21 heavy (non-hydrogen) atoms. The number of anilines is 1. The number of fused-ring (bicyclic) bond motifs is 1. The number of carbonyl (C=O) groups is 2. The van der Waals surface area contributed by atoms with Crippen LogP contribution in [0, 0.1) is 17.8 Å². The van der Waals surface area contributed by atoms with Gasteiger partial charge in [0.25, 0.3) is 0 Å². The molecule has 2 unspecified atom stereocenters. The average Bonchev–Trinajstić information content (AvgIpc) is 3.18. The predicted octanol–water partition coefficient (Wildman–Crippen LogP) is 3.19. The minimum Gasteiger partial charge on any atom is -0.480 e. The van der Waals surface area contributed by atoms with Crippen LogP contribution in [0.25, 0.3) is 0 Å². The van der Waals surface area contributed by atoms with Gasteiger partial charge in [-0.1, -0.05) is 30.5 Å². The fraction of sp³-hybridized carbons (Fsp3) is 0.500. The fourth-order valence-electron chi connectivity index (χ4n) is 3.61. The van der Waals surface area contributed by atoms with Crippen LogP contribution < -0.4 is 4.90 Å². The minimum atomic E-state index is -1.01. The zero-order chi connectivity index (χ0) is 15.0. The monoisotopic (exact) mass is 307 g/mol. The van der Waals surface area contributed by atoms with E-state index in [9.17, 15) is 9.59 Å². The number of hydrogen-bond donors (Lipinski definition) is 1. The standard InChI is InChI=1S/C16H18ClNO3/c17-10-4-3-5-11(8-10)18(9-14(19)20)16(21)15-12-6-1-2-7-13(12)15/h3-5,8,12-13,15H,1-2,6-7,9H2,(H,19,20). The Morgan fingerprint density at radius 3 is 2.48 bits per heavy atom. The second kappa shape index (κ2) is 5.68. The van der Waals surface area contributed by atoms with Crippen molar-refractivity contribution >= 4 is 29.2 Å². The van der Waals surface area contributed by atoms with Crippen molar-refractivity contribution in [3.8, 4) is 0 Å². The van der Waals surface area contributed by atoms with Gasteiger partial charge in [0.2, 0.25) is 5.91 Å². The fourth-order valence-corrected chi connectivity index (χ4v) is 3.80. The van der Waals surface area contributed by atoms with E-state index in [1.807, 2.05) is 0 Å². The number of rotatable bonds is 4. The lowest BCUT2D eigenvalue weighted by Gasteiger charge is -2.21. The van der Waals surface area contributed by atoms with Crippen LogP contribution in [0.1, 0.15) is 25.7 Å². The first-order chi connectivity index (χ1) is 10.1. The van der Waals surface area contributed by atoms with E-state index in [0.29, 0.717) is 22.5 Å². The molecule has 0 bridgehead atoms. The smallest absolute Gasteiger partial charge is 0.323 e. The Labute approximate surface area is 128 Å². The summed E-state index contributed by atoms with van der Waals surface area (Å²) in [6.45, 7) is -0.310. The molecule has 0 aromatic heterocycles. The van der Waals surface area contributed by atoms with Gasteiger partial charge in [-0.25, -0.2) is 0 Å². The van der Waals surface area contributed by atoms with Gasteiger partial charge in [0.15, 0.2) is 0 Å². The summed E-state index contributed by atoms with van der Waals surface area (Å²) in [7, 11) is 0. The van der Waals surface area contributed by atoms with Gasteiger partial charge in [0.1, 0.15) is 6.54 Å². The Morgan fingerprint density at radius 1 is 1.24 bits per heavy atom. The van der Waals surface area contributed by atoms with Gasteiger partial charge in [-0.15, -0.1) is 0 Å². The maximum atomic E-state index is 12.7. The maximum absolute atomic E-state index is 12.7. The quantitative estimate of drug-likeness (QED) is 0.929. The highest BCUT2D eigenvalue weighted by Gasteiger charge is 2.56. The van der Waals surface area contributed by atoms with E-state index in [0.717, 1.165) is 12.8 Å². The van der Waals surface area contributed by atoms with E-state index in [4.69, 9.17) is 16.7 Å². The number of carboxylic acids is 1. The largest absolute Gasteiger partial charge is 0.480 e. The van der Waals surface area contributed by atoms with Crippen LogP contribution >= 0.6 is 11.6 Å². The molecule has 5 heteroatoms. The van der Waals surface area contributed by atoms with Crippen LogP contribution in [0.5, 0.6) is 0 Å². The van der Waals surface area contributed by atoms with Gasteiger partial charge in [0.05, 0.1) is 0 Å². The number of nitrogens with zero attached hydrogens (tertiary/aromatic N) is 1. The van der Waals surface area contributed by atoms with Crippen molar-refractivity contribution in [1.82, 2.24) is 0 Å². The van der Waals surface area contributed by atoms with Gasteiger partial charge >= 0.3 is 5.97 Å².